The summed E-state index contributed by atoms with van der Waals surface area (Å²) in [6, 6.07) is 0. The lowest BCUT2D eigenvalue weighted by Gasteiger charge is -2.14. The molecule has 0 nitrogen and oxygen atoms in total. The predicted octanol–water partition coefficient (Wildman–Crippen LogP) is 4.74. The van der Waals surface area contributed by atoms with E-state index in [0.29, 0.717) is 0 Å². The van der Waals surface area contributed by atoms with Crippen molar-refractivity contribution in [3.63, 3.8) is 0 Å². The first-order valence-electron chi connectivity index (χ1n) is 6.54. The summed E-state index contributed by atoms with van der Waals surface area (Å²) in [5.74, 6) is 4.97. The highest BCUT2D eigenvalue weighted by Crippen LogP contribution is 2.49. The van der Waals surface area contributed by atoms with E-state index < -0.39 is 0 Å². The van der Waals surface area contributed by atoms with Gasteiger partial charge in [0.2, 0.25) is 0 Å². The lowest BCUT2D eigenvalue weighted by molar-refractivity contribution is 0.361. The fourth-order valence-electron chi connectivity index (χ4n) is 2.84. The van der Waals surface area contributed by atoms with Gasteiger partial charge < -0.3 is 0 Å². The predicted molar refractivity (Wildman–Crippen MR) is 64.3 cm³/mol. The van der Waals surface area contributed by atoms with Gasteiger partial charge in [0.05, 0.1) is 0 Å². The molecule has 0 aromatic carbocycles. The third kappa shape index (κ3) is 3.63. The molecule has 1 fully saturated rings. The highest BCUT2D eigenvalue weighted by molar-refractivity contribution is 4.90. The number of rotatable bonds is 6. The summed E-state index contributed by atoms with van der Waals surface area (Å²) < 4.78 is 0. The Labute approximate surface area is 90.5 Å². The maximum atomic E-state index is 2.46. The smallest absolute Gasteiger partial charge is 0.0357 e. The molecule has 1 aliphatic rings. The van der Waals surface area contributed by atoms with Crippen LogP contribution in [0.15, 0.2) is 0 Å². The molecule has 0 heterocycles. The van der Waals surface area contributed by atoms with Crippen LogP contribution in [-0.2, 0) is 0 Å². The highest BCUT2D eigenvalue weighted by atomic mass is 14.5. The molecule has 0 aliphatic heterocycles. The van der Waals surface area contributed by atoms with Crippen LogP contribution in [0.4, 0.5) is 0 Å². The van der Waals surface area contributed by atoms with Crippen LogP contribution in [0.2, 0.25) is 0 Å². The Kier molecular flexibility index (Phi) is 4.47. The molecule has 4 atom stereocenters. The van der Waals surface area contributed by atoms with Gasteiger partial charge in [-0.3, -0.25) is 0 Å². The van der Waals surface area contributed by atoms with E-state index in [1.54, 1.807) is 0 Å². The SMILES string of the molecule is CCC(C)CC1CC1C(C)CC(C)C. The largest absolute Gasteiger partial charge is 0.0651 e. The van der Waals surface area contributed by atoms with Crippen molar-refractivity contribution in [2.75, 3.05) is 0 Å². The summed E-state index contributed by atoms with van der Waals surface area (Å²) in [5, 5.41) is 0. The van der Waals surface area contributed by atoms with Gasteiger partial charge in [-0.2, -0.15) is 0 Å². The van der Waals surface area contributed by atoms with Gasteiger partial charge in [0.25, 0.3) is 0 Å². The van der Waals surface area contributed by atoms with Gasteiger partial charge in [-0.05, 0) is 48.9 Å². The van der Waals surface area contributed by atoms with Crippen molar-refractivity contribution < 1.29 is 0 Å². The average molecular weight is 196 g/mol. The van der Waals surface area contributed by atoms with Crippen LogP contribution >= 0.6 is 0 Å². The minimum absolute atomic E-state index is 0.884. The van der Waals surface area contributed by atoms with Crippen molar-refractivity contribution in [3.05, 3.63) is 0 Å². The fraction of sp³-hybridized carbons (Fsp3) is 1.00. The van der Waals surface area contributed by atoms with E-state index in [9.17, 15) is 0 Å². The lowest BCUT2D eigenvalue weighted by atomic mass is 9.91. The van der Waals surface area contributed by atoms with Gasteiger partial charge in [-0.15, -0.1) is 0 Å². The van der Waals surface area contributed by atoms with Crippen LogP contribution in [0.25, 0.3) is 0 Å². The Morgan fingerprint density at radius 1 is 1.14 bits per heavy atom. The monoisotopic (exact) mass is 196 g/mol. The summed E-state index contributed by atoms with van der Waals surface area (Å²) in [7, 11) is 0. The Morgan fingerprint density at radius 2 is 1.79 bits per heavy atom. The van der Waals surface area contributed by atoms with E-state index in [1.165, 1.54) is 25.7 Å². The van der Waals surface area contributed by atoms with Crippen molar-refractivity contribution in [1.82, 2.24) is 0 Å². The Bertz CT molecular complexity index is 159. The van der Waals surface area contributed by atoms with E-state index in [2.05, 4.69) is 34.6 Å². The average Bonchev–Trinajstić information content (AvgIpc) is 2.82. The van der Waals surface area contributed by atoms with Crippen LogP contribution in [0.5, 0.6) is 0 Å². The van der Waals surface area contributed by atoms with E-state index in [1.807, 2.05) is 0 Å². The third-order valence-electron chi connectivity index (χ3n) is 3.95. The molecule has 1 saturated carbocycles. The minimum atomic E-state index is 0.884. The zero-order valence-corrected chi connectivity index (χ0v) is 10.7. The molecule has 4 unspecified atom stereocenters. The lowest BCUT2D eigenvalue weighted by Crippen LogP contribution is -2.05. The maximum absolute atomic E-state index is 2.46. The van der Waals surface area contributed by atoms with Crippen molar-refractivity contribution in [2.45, 2.75) is 60.3 Å². The molecular formula is C14H28. The first-order chi connectivity index (χ1) is 6.54. The molecule has 0 bridgehead atoms. The molecule has 0 amide bonds. The van der Waals surface area contributed by atoms with Gasteiger partial charge in [0, 0.05) is 0 Å². The maximum Gasteiger partial charge on any atom is -0.0357 e. The molecule has 84 valence electrons. The molecule has 0 heteroatoms. The minimum Gasteiger partial charge on any atom is -0.0651 e. The van der Waals surface area contributed by atoms with Crippen molar-refractivity contribution in [2.24, 2.45) is 29.6 Å². The summed E-state index contributed by atoms with van der Waals surface area (Å²) in [6.07, 6.45) is 5.81. The van der Waals surface area contributed by atoms with Gasteiger partial charge in [0.15, 0.2) is 0 Å². The fourth-order valence-corrected chi connectivity index (χ4v) is 2.84. The van der Waals surface area contributed by atoms with E-state index in [4.69, 9.17) is 0 Å². The first-order valence-corrected chi connectivity index (χ1v) is 6.54. The zero-order chi connectivity index (χ0) is 10.7. The van der Waals surface area contributed by atoms with E-state index in [0.717, 1.165) is 29.6 Å². The zero-order valence-electron chi connectivity index (χ0n) is 10.7. The Morgan fingerprint density at radius 3 is 2.29 bits per heavy atom. The molecule has 14 heavy (non-hydrogen) atoms. The van der Waals surface area contributed by atoms with Gasteiger partial charge >= 0.3 is 0 Å². The van der Waals surface area contributed by atoms with Crippen LogP contribution in [0.3, 0.4) is 0 Å². The second-order valence-corrected chi connectivity index (χ2v) is 6.02. The van der Waals surface area contributed by atoms with E-state index in [-0.39, 0.29) is 0 Å². The highest BCUT2D eigenvalue weighted by Gasteiger charge is 2.40. The molecule has 0 spiro atoms. The van der Waals surface area contributed by atoms with Gasteiger partial charge in [-0.25, -0.2) is 0 Å². The molecule has 1 aliphatic carbocycles. The van der Waals surface area contributed by atoms with Crippen LogP contribution in [0.1, 0.15) is 60.3 Å². The second-order valence-electron chi connectivity index (χ2n) is 6.02. The summed E-state index contributed by atoms with van der Waals surface area (Å²) in [6.45, 7) is 11.9. The Balaban J connectivity index is 2.18. The molecule has 0 N–H and O–H groups in total. The summed E-state index contributed by atoms with van der Waals surface area (Å²) >= 11 is 0. The second kappa shape index (κ2) is 5.19. The molecule has 0 radical (unpaired) electrons. The van der Waals surface area contributed by atoms with Crippen LogP contribution < -0.4 is 0 Å². The molecular weight excluding hydrogens is 168 g/mol. The first kappa shape index (κ1) is 12.1. The van der Waals surface area contributed by atoms with Crippen LogP contribution in [-0.4, -0.2) is 0 Å². The van der Waals surface area contributed by atoms with E-state index >= 15 is 0 Å². The normalized spacial score (nSPS) is 30.4. The van der Waals surface area contributed by atoms with Gasteiger partial charge in [-0.1, -0.05) is 41.0 Å². The molecule has 0 aromatic rings. The summed E-state index contributed by atoms with van der Waals surface area (Å²) in [4.78, 5) is 0. The van der Waals surface area contributed by atoms with Crippen molar-refractivity contribution >= 4 is 0 Å². The quantitative estimate of drug-likeness (QED) is 0.575. The number of hydrogen-bond acceptors (Lipinski definition) is 0. The summed E-state index contributed by atoms with van der Waals surface area (Å²) in [5.41, 5.74) is 0. The number of hydrogen-bond donors (Lipinski definition) is 0. The van der Waals surface area contributed by atoms with Crippen molar-refractivity contribution in [3.8, 4) is 0 Å². The third-order valence-corrected chi connectivity index (χ3v) is 3.95. The van der Waals surface area contributed by atoms with Gasteiger partial charge in [0.1, 0.15) is 0 Å². The Hall–Kier alpha value is 0. The topological polar surface area (TPSA) is 0 Å². The standard InChI is InChI=1S/C14H28/c1-6-11(4)8-13-9-14(13)12(5)7-10(2)3/h10-14H,6-9H2,1-5H3. The van der Waals surface area contributed by atoms with Crippen molar-refractivity contribution in [1.29, 1.82) is 0 Å². The molecule has 1 rings (SSSR count). The molecule has 0 saturated heterocycles. The molecule has 0 aromatic heterocycles. The van der Waals surface area contributed by atoms with Crippen LogP contribution in [0, 0.1) is 29.6 Å².